The predicted molar refractivity (Wildman–Crippen MR) is 69.4 cm³/mol. The van der Waals surface area contributed by atoms with Gasteiger partial charge in [0.1, 0.15) is 0 Å². The van der Waals surface area contributed by atoms with Gasteiger partial charge in [-0.3, -0.25) is 0 Å². The molecular weight excluding hydrogens is 271 g/mol. The van der Waals surface area contributed by atoms with E-state index in [0.717, 1.165) is 12.8 Å². The smallest absolute Gasteiger partial charge is 0.0341 e. The number of benzene rings is 1. The molecule has 0 aromatic heterocycles. The number of rotatable bonds is 2. The summed E-state index contributed by atoms with van der Waals surface area (Å²) in [4.78, 5) is 0. The third-order valence-corrected chi connectivity index (χ3v) is 4.16. The van der Waals surface area contributed by atoms with E-state index < -0.39 is 0 Å². The van der Waals surface area contributed by atoms with Crippen molar-refractivity contribution in [3.63, 3.8) is 0 Å². The van der Waals surface area contributed by atoms with Crippen LogP contribution in [0.4, 0.5) is 0 Å². The summed E-state index contributed by atoms with van der Waals surface area (Å²) >= 11 is 9.70. The molecule has 1 aromatic rings. The van der Waals surface area contributed by atoms with Gasteiger partial charge in [-0.05, 0) is 48.8 Å². The topological polar surface area (TPSA) is 0 Å². The van der Waals surface area contributed by atoms with E-state index in [9.17, 15) is 0 Å². The van der Waals surface area contributed by atoms with Crippen molar-refractivity contribution in [3.05, 3.63) is 34.3 Å². The Morgan fingerprint density at radius 1 is 1.53 bits per heavy atom. The molecule has 0 amide bonds. The monoisotopic (exact) mass is 286 g/mol. The van der Waals surface area contributed by atoms with Crippen molar-refractivity contribution in [2.45, 2.75) is 38.0 Å². The Morgan fingerprint density at radius 2 is 2.33 bits per heavy atom. The quantitative estimate of drug-likeness (QED) is 0.686. The molecule has 0 aliphatic heterocycles. The van der Waals surface area contributed by atoms with E-state index in [1.807, 2.05) is 0 Å². The Hall–Kier alpha value is -0.0100. The number of alkyl halides is 1. The zero-order valence-electron chi connectivity index (χ0n) is 8.97. The predicted octanol–water partition coefficient (Wildman–Crippen LogP) is 4.79. The van der Waals surface area contributed by atoms with E-state index in [2.05, 4.69) is 47.1 Å². The molecule has 0 N–H and O–H groups in total. The highest BCUT2D eigenvalue weighted by atomic mass is 79.9. The molecule has 82 valence electrons. The second-order valence-electron chi connectivity index (χ2n) is 4.96. The lowest BCUT2D eigenvalue weighted by molar-refractivity contribution is 0.335. The highest BCUT2D eigenvalue weighted by molar-refractivity contribution is 9.10. The van der Waals surface area contributed by atoms with Crippen LogP contribution in [0.15, 0.2) is 28.7 Å². The summed E-state index contributed by atoms with van der Waals surface area (Å²) in [6, 6.07) is 8.60. The largest absolute Gasteiger partial charge is 0.123 e. The van der Waals surface area contributed by atoms with Crippen molar-refractivity contribution in [2.24, 2.45) is 5.41 Å². The fourth-order valence-corrected chi connectivity index (χ4v) is 3.47. The maximum absolute atomic E-state index is 6.18. The molecule has 2 unspecified atom stereocenters. The summed E-state index contributed by atoms with van der Waals surface area (Å²) in [5, 5.41) is 0.391. The Morgan fingerprint density at radius 3 is 2.93 bits per heavy atom. The van der Waals surface area contributed by atoms with E-state index in [0.29, 0.717) is 10.8 Å². The van der Waals surface area contributed by atoms with Crippen LogP contribution < -0.4 is 0 Å². The Labute approximate surface area is 105 Å². The van der Waals surface area contributed by atoms with Gasteiger partial charge in [0, 0.05) is 9.85 Å². The Balaban J connectivity index is 2.08. The zero-order valence-corrected chi connectivity index (χ0v) is 11.3. The summed E-state index contributed by atoms with van der Waals surface area (Å²) < 4.78 is 1.17. The van der Waals surface area contributed by atoms with Gasteiger partial charge in [-0.25, -0.2) is 0 Å². The van der Waals surface area contributed by atoms with Crippen LogP contribution in [0, 0.1) is 5.41 Å². The van der Waals surface area contributed by atoms with Gasteiger partial charge in [-0.1, -0.05) is 35.0 Å². The van der Waals surface area contributed by atoms with E-state index in [4.69, 9.17) is 11.6 Å². The lowest BCUT2D eigenvalue weighted by Gasteiger charge is -2.23. The molecule has 0 spiro atoms. The van der Waals surface area contributed by atoms with Crippen LogP contribution in [0.2, 0.25) is 0 Å². The molecule has 1 aliphatic rings. The van der Waals surface area contributed by atoms with Crippen LogP contribution in [0.3, 0.4) is 0 Å². The fraction of sp³-hybridized carbons (Fsp3) is 0.538. The molecule has 2 rings (SSSR count). The van der Waals surface area contributed by atoms with E-state index in [1.165, 1.54) is 22.9 Å². The van der Waals surface area contributed by atoms with E-state index in [-0.39, 0.29) is 0 Å². The lowest BCUT2D eigenvalue weighted by atomic mass is 9.82. The minimum absolute atomic E-state index is 0.391. The second kappa shape index (κ2) is 4.47. The van der Waals surface area contributed by atoms with Crippen LogP contribution in [0.5, 0.6) is 0 Å². The molecule has 0 radical (unpaired) electrons. The maximum Gasteiger partial charge on any atom is 0.0341 e. The summed E-state index contributed by atoms with van der Waals surface area (Å²) in [6.07, 6.45) is 4.73. The van der Waals surface area contributed by atoms with Gasteiger partial charge in [0.2, 0.25) is 0 Å². The van der Waals surface area contributed by atoms with Gasteiger partial charge in [-0.15, -0.1) is 11.6 Å². The van der Waals surface area contributed by atoms with Crippen molar-refractivity contribution >= 4 is 27.5 Å². The maximum atomic E-state index is 6.18. The second-order valence-corrected chi connectivity index (χ2v) is 6.49. The standard InChI is InChI=1S/C13H16BrCl/c1-13(6-5-12(15)9-13)8-10-3-2-4-11(14)7-10/h2-4,7,12H,5-6,8-9H2,1H3. The van der Waals surface area contributed by atoms with Gasteiger partial charge in [-0.2, -0.15) is 0 Å². The molecule has 2 heteroatoms. The minimum atomic E-state index is 0.391. The molecule has 1 aromatic carbocycles. The van der Waals surface area contributed by atoms with E-state index >= 15 is 0 Å². The molecule has 15 heavy (non-hydrogen) atoms. The average Bonchev–Trinajstić information content (AvgIpc) is 2.45. The van der Waals surface area contributed by atoms with Gasteiger partial charge in [0.05, 0.1) is 0 Å². The molecule has 1 fully saturated rings. The van der Waals surface area contributed by atoms with Gasteiger partial charge < -0.3 is 0 Å². The number of halogens is 2. The van der Waals surface area contributed by atoms with Crippen LogP contribution in [0.25, 0.3) is 0 Å². The fourth-order valence-electron chi connectivity index (χ4n) is 2.54. The number of hydrogen-bond acceptors (Lipinski definition) is 0. The Bertz CT molecular complexity index is 350. The van der Waals surface area contributed by atoms with Crippen molar-refractivity contribution in [2.75, 3.05) is 0 Å². The zero-order chi connectivity index (χ0) is 10.9. The molecule has 0 nitrogen and oxygen atoms in total. The summed E-state index contributed by atoms with van der Waals surface area (Å²) in [5.74, 6) is 0. The SMILES string of the molecule is CC1(Cc2cccc(Br)c2)CCC(Cl)C1. The molecule has 0 saturated heterocycles. The van der Waals surface area contributed by atoms with Crippen LogP contribution in [-0.4, -0.2) is 5.38 Å². The summed E-state index contributed by atoms with van der Waals surface area (Å²) in [6.45, 7) is 2.36. The summed E-state index contributed by atoms with van der Waals surface area (Å²) in [7, 11) is 0. The molecular formula is C13H16BrCl. The first-order valence-electron chi connectivity index (χ1n) is 5.46. The third-order valence-electron chi connectivity index (χ3n) is 3.30. The third kappa shape index (κ3) is 2.98. The minimum Gasteiger partial charge on any atom is -0.123 e. The van der Waals surface area contributed by atoms with Crippen LogP contribution in [-0.2, 0) is 6.42 Å². The van der Waals surface area contributed by atoms with E-state index in [1.54, 1.807) is 0 Å². The first kappa shape index (κ1) is 11.5. The first-order valence-corrected chi connectivity index (χ1v) is 6.69. The molecule has 2 atom stereocenters. The highest BCUT2D eigenvalue weighted by Gasteiger charge is 2.33. The van der Waals surface area contributed by atoms with Crippen molar-refractivity contribution < 1.29 is 0 Å². The highest BCUT2D eigenvalue weighted by Crippen LogP contribution is 2.42. The van der Waals surface area contributed by atoms with Crippen molar-refractivity contribution in [3.8, 4) is 0 Å². The van der Waals surface area contributed by atoms with Gasteiger partial charge >= 0.3 is 0 Å². The molecule has 1 saturated carbocycles. The first-order chi connectivity index (χ1) is 7.07. The molecule has 0 bridgehead atoms. The van der Waals surface area contributed by atoms with Gasteiger partial charge in [0.15, 0.2) is 0 Å². The normalized spacial score (nSPS) is 30.7. The lowest BCUT2D eigenvalue weighted by Crippen LogP contribution is -2.15. The van der Waals surface area contributed by atoms with Crippen molar-refractivity contribution in [1.29, 1.82) is 0 Å². The van der Waals surface area contributed by atoms with Crippen LogP contribution >= 0.6 is 27.5 Å². The number of hydrogen-bond donors (Lipinski definition) is 0. The van der Waals surface area contributed by atoms with Gasteiger partial charge in [0.25, 0.3) is 0 Å². The molecule has 0 heterocycles. The van der Waals surface area contributed by atoms with Crippen molar-refractivity contribution in [1.82, 2.24) is 0 Å². The summed E-state index contributed by atoms with van der Waals surface area (Å²) in [5.41, 5.74) is 1.82. The van der Waals surface area contributed by atoms with Crippen LogP contribution in [0.1, 0.15) is 31.7 Å². The Kier molecular flexibility index (Phi) is 3.42. The average molecular weight is 288 g/mol. The molecule has 1 aliphatic carbocycles.